The summed E-state index contributed by atoms with van der Waals surface area (Å²) < 4.78 is 44.2. The third-order valence-corrected chi connectivity index (χ3v) is 3.50. The van der Waals surface area contributed by atoms with Gasteiger partial charge in [0.1, 0.15) is 5.75 Å². The van der Waals surface area contributed by atoms with Crippen LogP contribution < -0.4 is 10.1 Å². The molecule has 2 rings (SSSR count). The Morgan fingerprint density at radius 2 is 2.06 bits per heavy atom. The molecule has 1 saturated heterocycles. The summed E-state index contributed by atoms with van der Waals surface area (Å²) in [5, 5.41) is 3.16. The zero-order valence-electron chi connectivity index (χ0n) is 10.4. The Labute approximate surface area is 104 Å². The van der Waals surface area contributed by atoms with Crippen LogP contribution in [0.2, 0.25) is 0 Å². The number of benzene rings is 1. The Morgan fingerprint density at radius 3 is 2.56 bits per heavy atom. The summed E-state index contributed by atoms with van der Waals surface area (Å²) in [6.07, 6.45) is -2.76. The molecule has 0 saturated carbocycles. The largest absolute Gasteiger partial charge is 0.497 e. The second-order valence-corrected chi connectivity index (χ2v) is 4.77. The maximum atomic E-state index is 13.1. The van der Waals surface area contributed by atoms with Gasteiger partial charge in [-0.2, -0.15) is 13.2 Å². The van der Waals surface area contributed by atoms with Gasteiger partial charge in [-0.3, -0.25) is 0 Å². The molecule has 0 radical (unpaired) electrons. The highest BCUT2D eigenvalue weighted by molar-refractivity contribution is 5.41. The van der Waals surface area contributed by atoms with Gasteiger partial charge in [0, 0.05) is 5.54 Å². The number of alkyl halides is 3. The maximum Gasteiger partial charge on any atom is 0.416 e. The highest BCUT2D eigenvalue weighted by Gasteiger charge is 2.40. The van der Waals surface area contributed by atoms with E-state index >= 15 is 0 Å². The Balaban J connectivity index is 2.52. The maximum absolute atomic E-state index is 13.1. The molecule has 2 nitrogen and oxygen atoms in total. The molecule has 1 aromatic carbocycles. The minimum atomic E-state index is -4.36. The van der Waals surface area contributed by atoms with Crippen LogP contribution in [0.4, 0.5) is 13.2 Å². The average Bonchev–Trinajstić information content (AvgIpc) is 2.75. The van der Waals surface area contributed by atoms with Gasteiger partial charge in [0.2, 0.25) is 0 Å². The van der Waals surface area contributed by atoms with Crippen molar-refractivity contribution >= 4 is 0 Å². The number of hydrogen-bond donors (Lipinski definition) is 1. The molecule has 0 spiro atoms. The van der Waals surface area contributed by atoms with Crippen LogP contribution in [0.5, 0.6) is 5.75 Å². The molecule has 1 aliphatic heterocycles. The SMILES string of the molecule is COc1ccc(C2(C)CCCN2)c(C(F)(F)F)c1. The first-order chi connectivity index (χ1) is 8.37. The summed E-state index contributed by atoms with van der Waals surface area (Å²) in [5.74, 6) is 0.229. The lowest BCUT2D eigenvalue weighted by Crippen LogP contribution is -2.35. The van der Waals surface area contributed by atoms with E-state index in [-0.39, 0.29) is 5.75 Å². The number of hydrogen-bond acceptors (Lipinski definition) is 2. The molecule has 0 aromatic heterocycles. The molecule has 0 bridgehead atoms. The molecule has 1 fully saturated rings. The molecule has 1 atom stereocenters. The predicted molar refractivity (Wildman–Crippen MR) is 62.6 cm³/mol. The van der Waals surface area contributed by atoms with Crippen molar-refractivity contribution in [1.82, 2.24) is 5.32 Å². The number of nitrogens with one attached hydrogen (secondary N) is 1. The fourth-order valence-electron chi connectivity index (χ4n) is 2.49. The third kappa shape index (κ3) is 2.32. The first kappa shape index (κ1) is 13.2. The van der Waals surface area contributed by atoms with Gasteiger partial charge >= 0.3 is 6.18 Å². The Hall–Kier alpha value is -1.23. The number of ether oxygens (including phenoxy) is 1. The molecular weight excluding hydrogens is 243 g/mol. The monoisotopic (exact) mass is 259 g/mol. The van der Waals surface area contributed by atoms with E-state index in [9.17, 15) is 13.2 Å². The molecule has 5 heteroatoms. The van der Waals surface area contributed by atoms with Crippen molar-refractivity contribution in [2.45, 2.75) is 31.5 Å². The van der Waals surface area contributed by atoms with E-state index in [4.69, 9.17) is 4.74 Å². The van der Waals surface area contributed by atoms with Gasteiger partial charge in [-0.05, 0) is 44.0 Å². The number of halogens is 3. The van der Waals surface area contributed by atoms with Crippen LogP contribution in [0.1, 0.15) is 30.9 Å². The average molecular weight is 259 g/mol. The summed E-state index contributed by atoms with van der Waals surface area (Å²) in [5.41, 5.74) is -0.913. The highest BCUT2D eigenvalue weighted by Crippen LogP contribution is 2.41. The van der Waals surface area contributed by atoms with Gasteiger partial charge in [-0.15, -0.1) is 0 Å². The Morgan fingerprint density at radius 1 is 1.33 bits per heavy atom. The number of methoxy groups -OCH3 is 1. The first-order valence-corrected chi connectivity index (χ1v) is 5.87. The summed E-state index contributed by atoms with van der Waals surface area (Å²) in [6.45, 7) is 2.57. The Kier molecular flexibility index (Phi) is 3.27. The Bertz CT molecular complexity index is 436. The fraction of sp³-hybridized carbons (Fsp3) is 0.538. The van der Waals surface area contributed by atoms with Crippen LogP contribution in [-0.4, -0.2) is 13.7 Å². The second kappa shape index (κ2) is 4.46. The van der Waals surface area contributed by atoms with E-state index < -0.39 is 17.3 Å². The summed E-state index contributed by atoms with van der Waals surface area (Å²) in [4.78, 5) is 0. The predicted octanol–water partition coefficient (Wildman–Crippen LogP) is 3.31. The van der Waals surface area contributed by atoms with E-state index in [0.717, 1.165) is 19.0 Å². The minimum absolute atomic E-state index is 0.229. The van der Waals surface area contributed by atoms with E-state index in [2.05, 4.69) is 5.32 Å². The molecule has 100 valence electrons. The topological polar surface area (TPSA) is 21.3 Å². The van der Waals surface area contributed by atoms with Crippen LogP contribution >= 0.6 is 0 Å². The van der Waals surface area contributed by atoms with Gasteiger partial charge in [0.05, 0.1) is 12.7 Å². The quantitative estimate of drug-likeness (QED) is 0.879. The lowest BCUT2D eigenvalue weighted by molar-refractivity contribution is -0.139. The lowest BCUT2D eigenvalue weighted by atomic mass is 9.86. The van der Waals surface area contributed by atoms with Crippen LogP contribution in [0.25, 0.3) is 0 Å². The first-order valence-electron chi connectivity index (χ1n) is 5.87. The molecule has 1 unspecified atom stereocenters. The van der Waals surface area contributed by atoms with Gasteiger partial charge in [0.15, 0.2) is 0 Å². The van der Waals surface area contributed by atoms with Crippen molar-refractivity contribution in [3.63, 3.8) is 0 Å². The van der Waals surface area contributed by atoms with E-state index in [1.807, 2.05) is 6.92 Å². The molecular formula is C13H16F3NO. The zero-order chi connectivity index (χ0) is 13.4. The highest BCUT2D eigenvalue weighted by atomic mass is 19.4. The third-order valence-electron chi connectivity index (χ3n) is 3.50. The van der Waals surface area contributed by atoms with Gasteiger partial charge < -0.3 is 10.1 Å². The fourth-order valence-corrected chi connectivity index (χ4v) is 2.49. The summed E-state index contributed by atoms with van der Waals surface area (Å²) in [7, 11) is 1.37. The van der Waals surface area contributed by atoms with Crippen molar-refractivity contribution in [1.29, 1.82) is 0 Å². The number of rotatable bonds is 2. The normalized spacial score (nSPS) is 24.3. The smallest absolute Gasteiger partial charge is 0.416 e. The lowest BCUT2D eigenvalue weighted by Gasteiger charge is -2.28. The summed E-state index contributed by atoms with van der Waals surface area (Å²) >= 11 is 0. The molecule has 0 amide bonds. The van der Waals surface area contributed by atoms with Gasteiger partial charge in [-0.1, -0.05) is 6.07 Å². The molecule has 0 aliphatic carbocycles. The second-order valence-electron chi connectivity index (χ2n) is 4.77. The van der Waals surface area contributed by atoms with Crippen LogP contribution in [-0.2, 0) is 11.7 Å². The minimum Gasteiger partial charge on any atom is -0.497 e. The van der Waals surface area contributed by atoms with E-state index in [1.165, 1.54) is 13.2 Å². The molecule has 1 aliphatic rings. The van der Waals surface area contributed by atoms with Crippen LogP contribution in [0, 0.1) is 0 Å². The van der Waals surface area contributed by atoms with Crippen LogP contribution in [0.15, 0.2) is 18.2 Å². The van der Waals surface area contributed by atoms with Crippen molar-refractivity contribution in [2.24, 2.45) is 0 Å². The standard InChI is InChI=1S/C13H16F3NO/c1-12(6-3-7-17-12)10-5-4-9(18-2)8-11(10)13(14,15)16/h4-5,8,17H,3,6-7H2,1-2H3. The molecule has 1 heterocycles. The van der Waals surface area contributed by atoms with Crippen molar-refractivity contribution in [2.75, 3.05) is 13.7 Å². The van der Waals surface area contributed by atoms with E-state index in [1.54, 1.807) is 6.07 Å². The van der Waals surface area contributed by atoms with Gasteiger partial charge in [-0.25, -0.2) is 0 Å². The van der Waals surface area contributed by atoms with Crippen molar-refractivity contribution < 1.29 is 17.9 Å². The van der Waals surface area contributed by atoms with E-state index in [0.29, 0.717) is 12.0 Å². The molecule has 1 N–H and O–H groups in total. The van der Waals surface area contributed by atoms with Crippen molar-refractivity contribution in [3.05, 3.63) is 29.3 Å². The molecule has 18 heavy (non-hydrogen) atoms. The van der Waals surface area contributed by atoms with Gasteiger partial charge in [0.25, 0.3) is 0 Å². The zero-order valence-corrected chi connectivity index (χ0v) is 10.4. The molecule has 1 aromatic rings. The van der Waals surface area contributed by atoms with Crippen molar-refractivity contribution in [3.8, 4) is 5.75 Å². The summed E-state index contributed by atoms with van der Waals surface area (Å²) in [6, 6.07) is 4.16. The van der Waals surface area contributed by atoms with Crippen LogP contribution in [0.3, 0.4) is 0 Å².